The van der Waals surface area contributed by atoms with E-state index in [4.69, 9.17) is 4.74 Å². The lowest BCUT2D eigenvalue weighted by Gasteiger charge is -2.18. The van der Waals surface area contributed by atoms with Crippen molar-refractivity contribution in [1.29, 1.82) is 0 Å². The Hall–Kier alpha value is -1.84. The molecule has 3 rings (SSSR count). The lowest BCUT2D eigenvalue weighted by molar-refractivity contribution is -0.130. The Bertz CT molecular complexity index is 552. The van der Waals surface area contributed by atoms with E-state index in [2.05, 4.69) is 0 Å². The summed E-state index contributed by atoms with van der Waals surface area (Å²) in [5, 5.41) is 0. The second kappa shape index (κ2) is 4.37. The third-order valence-electron chi connectivity index (χ3n) is 4.08. The van der Waals surface area contributed by atoms with Gasteiger partial charge >= 0.3 is 5.97 Å². The van der Waals surface area contributed by atoms with Crippen molar-refractivity contribution in [2.75, 3.05) is 13.7 Å². The molecule has 100 valence electrons. The molecule has 1 amide bonds. The second-order valence-electron chi connectivity index (χ2n) is 5.46. The molecule has 0 bridgehead atoms. The zero-order chi connectivity index (χ0) is 13.6. The van der Waals surface area contributed by atoms with Gasteiger partial charge < -0.3 is 9.64 Å². The van der Waals surface area contributed by atoms with Crippen LogP contribution in [-0.4, -0.2) is 30.4 Å². The average Bonchev–Trinajstić information content (AvgIpc) is 3.09. The zero-order valence-electron chi connectivity index (χ0n) is 11.2. The third kappa shape index (κ3) is 2.11. The number of esters is 1. The van der Waals surface area contributed by atoms with Crippen molar-refractivity contribution < 1.29 is 14.3 Å². The van der Waals surface area contributed by atoms with Gasteiger partial charge in [0, 0.05) is 19.0 Å². The fourth-order valence-corrected chi connectivity index (χ4v) is 2.89. The van der Waals surface area contributed by atoms with Gasteiger partial charge in [0.25, 0.3) is 0 Å². The summed E-state index contributed by atoms with van der Waals surface area (Å²) in [5.74, 6) is 0.876. The maximum absolute atomic E-state index is 11.9. The summed E-state index contributed by atoms with van der Waals surface area (Å²) in [6.45, 7) is 3.43. The predicted molar refractivity (Wildman–Crippen MR) is 69.5 cm³/mol. The maximum atomic E-state index is 11.9. The number of methoxy groups -OCH3 is 1. The number of piperidine rings is 1. The first-order valence-corrected chi connectivity index (χ1v) is 6.57. The molecule has 4 heteroatoms. The van der Waals surface area contributed by atoms with E-state index in [1.807, 2.05) is 24.0 Å². The number of hydrogen-bond donors (Lipinski definition) is 0. The van der Waals surface area contributed by atoms with Crippen molar-refractivity contribution in [2.24, 2.45) is 11.8 Å². The molecule has 2 unspecified atom stereocenters. The Morgan fingerprint density at radius 1 is 1.47 bits per heavy atom. The van der Waals surface area contributed by atoms with Gasteiger partial charge in [0.2, 0.25) is 5.91 Å². The van der Waals surface area contributed by atoms with E-state index in [1.54, 1.807) is 6.07 Å². The molecular weight excluding hydrogens is 242 g/mol. The standard InChI is InChI=1S/C15H17NO3/c1-9-5-10(3-4-12(9)15(18)19-2)7-16-8-11-6-13(11)14(16)17/h3-5,11,13H,6-8H2,1-2H3. The lowest BCUT2D eigenvalue weighted by atomic mass is 10.0. The first-order chi connectivity index (χ1) is 9.10. The molecule has 0 aromatic heterocycles. The van der Waals surface area contributed by atoms with Crippen molar-refractivity contribution in [3.63, 3.8) is 0 Å². The number of rotatable bonds is 3. The van der Waals surface area contributed by atoms with Gasteiger partial charge in [-0.15, -0.1) is 0 Å². The summed E-state index contributed by atoms with van der Waals surface area (Å²) in [6.07, 6.45) is 1.08. The molecule has 0 N–H and O–H groups in total. The number of hydrogen-bond acceptors (Lipinski definition) is 3. The van der Waals surface area contributed by atoms with Crippen molar-refractivity contribution in [2.45, 2.75) is 19.9 Å². The highest BCUT2D eigenvalue weighted by Crippen LogP contribution is 2.46. The predicted octanol–water partition coefficient (Wildman–Crippen LogP) is 1.76. The molecule has 19 heavy (non-hydrogen) atoms. The van der Waals surface area contributed by atoms with Crippen molar-refractivity contribution in [3.8, 4) is 0 Å². The Morgan fingerprint density at radius 3 is 2.84 bits per heavy atom. The summed E-state index contributed by atoms with van der Waals surface area (Å²) < 4.78 is 4.72. The lowest BCUT2D eigenvalue weighted by Crippen LogP contribution is -2.27. The minimum Gasteiger partial charge on any atom is -0.465 e. The van der Waals surface area contributed by atoms with E-state index in [0.717, 1.165) is 24.1 Å². The van der Waals surface area contributed by atoms with E-state index in [1.165, 1.54) is 7.11 Å². The summed E-state index contributed by atoms with van der Waals surface area (Å²) in [5.41, 5.74) is 2.54. The quantitative estimate of drug-likeness (QED) is 0.777. The van der Waals surface area contributed by atoms with Gasteiger partial charge in [0.1, 0.15) is 0 Å². The first-order valence-electron chi connectivity index (χ1n) is 6.57. The highest BCUT2D eigenvalue weighted by molar-refractivity contribution is 5.91. The Balaban J connectivity index is 1.74. The van der Waals surface area contributed by atoms with Crippen LogP contribution in [0.25, 0.3) is 0 Å². The summed E-state index contributed by atoms with van der Waals surface area (Å²) >= 11 is 0. The minimum atomic E-state index is -0.317. The number of fused-ring (bicyclic) bond motifs is 1. The highest BCUT2D eigenvalue weighted by Gasteiger charge is 2.51. The number of carbonyl (C=O) groups is 2. The first kappa shape index (κ1) is 12.2. The van der Waals surface area contributed by atoms with Gasteiger partial charge in [-0.1, -0.05) is 12.1 Å². The molecule has 1 aliphatic heterocycles. The largest absolute Gasteiger partial charge is 0.465 e. The van der Waals surface area contributed by atoms with E-state index < -0.39 is 0 Å². The molecule has 2 fully saturated rings. The van der Waals surface area contributed by atoms with Crippen molar-refractivity contribution in [3.05, 3.63) is 34.9 Å². The molecule has 1 aliphatic carbocycles. The van der Waals surface area contributed by atoms with Gasteiger partial charge in [0.15, 0.2) is 0 Å². The SMILES string of the molecule is COC(=O)c1ccc(CN2CC3CC3C2=O)cc1C. The van der Waals surface area contributed by atoms with Crippen LogP contribution < -0.4 is 0 Å². The number of ether oxygens (including phenoxy) is 1. The normalized spacial score (nSPS) is 24.3. The molecule has 0 radical (unpaired) electrons. The molecule has 4 nitrogen and oxygen atoms in total. The highest BCUT2D eigenvalue weighted by atomic mass is 16.5. The zero-order valence-corrected chi connectivity index (χ0v) is 11.2. The van der Waals surface area contributed by atoms with Gasteiger partial charge in [0.05, 0.1) is 12.7 Å². The van der Waals surface area contributed by atoms with Gasteiger partial charge in [-0.2, -0.15) is 0 Å². The maximum Gasteiger partial charge on any atom is 0.338 e. The van der Waals surface area contributed by atoms with Crippen LogP contribution in [0.2, 0.25) is 0 Å². The van der Waals surface area contributed by atoms with Gasteiger partial charge in [-0.3, -0.25) is 4.79 Å². The smallest absolute Gasteiger partial charge is 0.338 e. The van der Waals surface area contributed by atoms with E-state index >= 15 is 0 Å². The number of aryl methyl sites for hydroxylation is 1. The topological polar surface area (TPSA) is 46.6 Å². The number of benzene rings is 1. The van der Waals surface area contributed by atoms with Crippen molar-refractivity contribution >= 4 is 11.9 Å². The number of likely N-dealkylation sites (tertiary alicyclic amines) is 1. The van der Waals surface area contributed by atoms with E-state index in [0.29, 0.717) is 29.9 Å². The fraction of sp³-hybridized carbons (Fsp3) is 0.467. The molecule has 1 heterocycles. The monoisotopic (exact) mass is 259 g/mol. The molecule has 2 aliphatic rings. The van der Waals surface area contributed by atoms with Crippen LogP contribution in [-0.2, 0) is 16.1 Å². The molecule has 1 aromatic rings. The van der Waals surface area contributed by atoms with Gasteiger partial charge in [-0.05, 0) is 36.5 Å². The van der Waals surface area contributed by atoms with Crippen LogP contribution in [0.4, 0.5) is 0 Å². The van der Waals surface area contributed by atoms with Crippen LogP contribution in [0.5, 0.6) is 0 Å². The molecular formula is C15H17NO3. The third-order valence-corrected chi connectivity index (χ3v) is 4.08. The van der Waals surface area contributed by atoms with Gasteiger partial charge in [-0.25, -0.2) is 4.79 Å². The molecule has 2 atom stereocenters. The van der Waals surface area contributed by atoms with Crippen LogP contribution in [0, 0.1) is 18.8 Å². The Labute approximate surface area is 112 Å². The molecule has 1 saturated heterocycles. The molecule has 1 saturated carbocycles. The molecule has 0 spiro atoms. The number of amides is 1. The summed E-state index contributed by atoms with van der Waals surface area (Å²) in [4.78, 5) is 25.3. The summed E-state index contributed by atoms with van der Waals surface area (Å²) in [6, 6.07) is 5.64. The number of nitrogens with zero attached hydrogens (tertiary/aromatic N) is 1. The fourth-order valence-electron chi connectivity index (χ4n) is 2.89. The van der Waals surface area contributed by atoms with E-state index in [-0.39, 0.29) is 5.97 Å². The van der Waals surface area contributed by atoms with Crippen LogP contribution >= 0.6 is 0 Å². The second-order valence-corrected chi connectivity index (χ2v) is 5.46. The minimum absolute atomic E-state index is 0.291. The number of carbonyl (C=O) groups excluding carboxylic acids is 2. The summed E-state index contributed by atoms with van der Waals surface area (Å²) in [7, 11) is 1.38. The Morgan fingerprint density at radius 2 is 2.26 bits per heavy atom. The van der Waals surface area contributed by atoms with Crippen LogP contribution in [0.15, 0.2) is 18.2 Å². The molecule has 1 aromatic carbocycles. The van der Waals surface area contributed by atoms with Crippen LogP contribution in [0.3, 0.4) is 0 Å². The van der Waals surface area contributed by atoms with E-state index in [9.17, 15) is 9.59 Å². The Kier molecular flexibility index (Phi) is 2.81. The van der Waals surface area contributed by atoms with Crippen LogP contribution in [0.1, 0.15) is 27.9 Å². The average molecular weight is 259 g/mol. The van der Waals surface area contributed by atoms with Crippen molar-refractivity contribution in [1.82, 2.24) is 4.90 Å².